The van der Waals surface area contributed by atoms with Crippen molar-refractivity contribution in [2.45, 2.75) is 19.9 Å². The van der Waals surface area contributed by atoms with Crippen LogP contribution in [0.3, 0.4) is 0 Å². The Balaban J connectivity index is 1.39. The SMILES string of the molecule is CC(C)N1CC2(CN(c3ccc(-c4c[nH]c(/C(N)=C\C=N)c4)cc3)C2)C1. The number of rotatable bonds is 5. The average Bonchev–Trinajstić information content (AvgIpc) is 3.03. The monoisotopic (exact) mass is 349 g/mol. The maximum atomic E-state index is 7.12. The molecule has 2 aliphatic heterocycles. The minimum absolute atomic E-state index is 0.539. The maximum Gasteiger partial charge on any atom is 0.0620 e. The summed E-state index contributed by atoms with van der Waals surface area (Å²) in [5.74, 6) is 0. The second-order valence-electron chi connectivity index (χ2n) is 7.99. The first kappa shape index (κ1) is 16.9. The topological polar surface area (TPSA) is 72.1 Å². The molecule has 2 saturated heterocycles. The summed E-state index contributed by atoms with van der Waals surface area (Å²) in [4.78, 5) is 8.22. The van der Waals surface area contributed by atoms with Crippen molar-refractivity contribution in [1.82, 2.24) is 9.88 Å². The molecule has 4 rings (SSSR count). The van der Waals surface area contributed by atoms with Gasteiger partial charge in [-0.15, -0.1) is 0 Å². The molecular weight excluding hydrogens is 322 g/mol. The van der Waals surface area contributed by atoms with Gasteiger partial charge in [0.25, 0.3) is 0 Å². The van der Waals surface area contributed by atoms with Gasteiger partial charge in [-0.3, -0.25) is 4.90 Å². The van der Waals surface area contributed by atoms with Crippen LogP contribution in [0.25, 0.3) is 16.8 Å². The number of likely N-dealkylation sites (tertiary alicyclic amines) is 1. The molecule has 3 heterocycles. The Morgan fingerprint density at radius 2 is 1.85 bits per heavy atom. The molecule has 0 saturated carbocycles. The molecule has 0 aliphatic carbocycles. The van der Waals surface area contributed by atoms with Crippen LogP contribution in [0.5, 0.6) is 0 Å². The Morgan fingerprint density at radius 1 is 1.15 bits per heavy atom. The molecule has 5 heteroatoms. The fourth-order valence-corrected chi connectivity index (χ4v) is 4.10. The summed E-state index contributed by atoms with van der Waals surface area (Å²) in [5.41, 5.74) is 11.5. The Kier molecular flexibility index (Phi) is 4.11. The molecule has 136 valence electrons. The predicted molar refractivity (Wildman–Crippen MR) is 109 cm³/mol. The van der Waals surface area contributed by atoms with Crippen LogP contribution >= 0.6 is 0 Å². The van der Waals surface area contributed by atoms with Crippen molar-refractivity contribution in [3.8, 4) is 11.1 Å². The van der Waals surface area contributed by atoms with Gasteiger partial charge in [0, 0.05) is 55.7 Å². The van der Waals surface area contributed by atoms with Crippen molar-refractivity contribution < 1.29 is 0 Å². The quantitative estimate of drug-likeness (QED) is 0.726. The zero-order valence-electron chi connectivity index (χ0n) is 15.5. The summed E-state index contributed by atoms with van der Waals surface area (Å²) in [6.07, 6.45) is 4.74. The van der Waals surface area contributed by atoms with Gasteiger partial charge in [-0.05, 0) is 49.2 Å². The minimum atomic E-state index is 0.539. The lowest BCUT2D eigenvalue weighted by molar-refractivity contribution is -0.0411. The summed E-state index contributed by atoms with van der Waals surface area (Å²) in [7, 11) is 0. The van der Waals surface area contributed by atoms with Crippen molar-refractivity contribution in [3.63, 3.8) is 0 Å². The predicted octanol–water partition coefficient (Wildman–Crippen LogP) is 3.16. The highest BCUT2D eigenvalue weighted by Gasteiger charge is 2.52. The fraction of sp³-hybridized carbons (Fsp3) is 0.381. The highest BCUT2D eigenvalue weighted by atomic mass is 15.3. The minimum Gasteiger partial charge on any atom is -0.397 e. The zero-order chi connectivity index (χ0) is 18.3. The number of nitrogens with zero attached hydrogens (tertiary/aromatic N) is 2. The molecule has 1 aromatic heterocycles. The molecular formula is C21H27N5. The smallest absolute Gasteiger partial charge is 0.0620 e. The zero-order valence-corrected chi connectivity index (χ0v) is 15.5. The Hall–Kier alpha value is -2.53. The van der Waals surface area contributed by atoms with E-state index in [0.717, 1.165) is 11.3 Å². The lowest BCUT2D eigenvalue weighted by atomic mass is 9.72. The van der Waals surface area contributed by atoms with Gasteiger partial charge in [-0.1, -0.05) is 12.1 Å². The van der Waals surface area contributed by atoms with E-state index in [2.05, 4.69) is 52.9 Å². The van der Waals surface area contributed by atoms with Crippen LogP contribution in [0.2, 0.25) is 0 Å². The van der Waals surface area contributed by atoms with E-state index in [4.69, 9.17) is 11.1 Å². The van der Waals surface area contributed by atoms with E-state index in [1.165, 1.54) is 43.6 Å². The van der Waals surface area contributed by atoms with E-state index in [1.807, 2.05) is 12.3 Å². The number of hydrogen-bond acceptors (Lipinski definition) is 4. The van der Waals surface area contributed by atoms with Crippen LogP contribution in [0.1, 0.15) is 19.5 Å². The van der Waals surface area contributed by atoms with Gasteiger partial charge in [-0.2, -0.15) is 0 Å². The van der Waals surface area contributed by atoms with Gasteiger partial charge in [0.1, 0.15) is 0 Å². The lowest BCUT2D eigenvalue weighted by Crippen LogP contribution is -2.73. The molecule has 1 aromatic carbocycles. The van der Waals surface area contributed by atoms with Crippen molar-refractivity contribution in [3.05, 3.63) is 48.3 Å². The van der Waals surface area contributed by atoms with Gasteiger partial charge in [0.15, 0.2) is 0 Å². The van der Waals surface area contributed by atoms with E-state index in [9.17, 15) is 0 Å². The van der Waals surface area contributed by atoms with Crippen LogP contribution in [0.4, 0.5) is 5.69 Å². The Labute approximate surface area is 155 Å². The second kappa shape index (κ2) is 6.32. The van der Waals surface area contributed by atoms with Crippen LogP contribution in [0.15, 0.2) is 42.6 Å². The van der Waals surface area contributed by atoms with E-state index >= 15 is 0 Å². The third kappa shape index (κ3) is 2.92. The van der Waals surface area contributed by atoms with E-state index in [-0.39, 0.29) is 0 Å². The molecule has 0 amide bonds. The van der Waals surface area contributed by atoms with E-state index in [0.29, 0.717) is 17.2 Å². The van der Waals surface area contributed by atoms with Gasteiger partial charge >= 0.3 is 0 Å². The lowest BCUT2D eigenvalue weighted by Gasteiger charge is -2.62. The van der Waals surface area contributed by atoms with E-state index < -0.39 is 0 Å². The molecule has 2 fully saturated rings. The molecule has 26 heavy (non-hydrogen) atoms. The number of nitrogens with two attached hydrogens (primary N) is 1. The fourth-order valence-electron chi connectivity index (χ4n) is 4.10. The van der Waals surface area contributed by atoms with Crippen LogP contribution in [-0.4, -0.2) is 48.3 Å². The van der Waals surface area contributed by atoms with Gasteiger partial charge < -0.3 is 21.0 Å². The third-order valence-electron chi connectivity index (χ3n) is 5.68. The normalized spacial score (nSPS) is 19.5. The number of benzene rings is 1. The van der Waals surface area contributed by atoms with Crippen LogP contribution < -0.4 is 10.6 Å². The largest absolute Gasteiger partial charge is 0.397 e. The van der Waals surface area contributed by atoms with Crippen molar-refractivity contribution >= 4 is 17.6 Å². The van der Waals surface area contributed by atoms with Crippen LogP contribution in [-0.2, 0) is 0 Å². The molecule has 0 unspecified atom stereocenters. The molecule has 0 bridgehead atoms. The van der Waals surface area contributed by atoms with Crippen molar-refractivity contribution in [1.29, 1.82) is 5.41 Å². The molecule has 2 aromatic rings. The molecule has 1 spiro atoms. The summed E-state index contributed by atoms with van der Waals surface area (Å²) in [6.45, 7) is 9.40. The molecule has 2 aliphatic rings. The molecule has 0 radical (unpaired) electrons. The Morgan fingerprint density at radius 3 is 2.46 bits per heavy atom. The summed E-state index contributed by atoms with van der Waals surface area (Å²) in [5, 5.41) is 7.12. The van der Waals surface area contributed by atoms with Crippen molar-refractivity contribution in [2.24, 2.45) is 11.1 Å². The van der Waals surface area contributed by atoms with Crippen molar-refractivity contribution in [2.75, 3.05) is 31.1 Å². The first-order valence-corrected chi connectivity index (χ1v) is 9.24. The van der Waals surface area contributed by atoms with Gasteiger partial charge in [0.05, 0.1) is 11.4 Å². The first-order valence-electron chi connectivity index (χ1n) is 9.24. The standard InChI is InChI=1S/C21H27N5/c1-15(2)25-11-21(12-25)13-26(14-21)18-5-3-16(4-6-18)17-9-20(24-10-17)19(23)7-8-22/h3-10,15,22,24H,11-14,23H2,1-2H3/b19-7+,22-8?. The van der Waals surface area contributed by atoms with E-state index in [1.54, 1.807) is 6.08 Å². The maximum absolute atomic E-state index is 7.12. The average molecular weight is 349 g/mol. The van der Waals surface area contributed by atoms with Gasteiger partial charge in [-0.25, -0.2) is 0 Å². The number of allylic oxidation sites excluding steroid dienone is 1. The second-order valence-corrected chi connectivity index (χ2v) is 7.99. The summed E-state index contributed by atoms with van der Waals surface area (Å²) < 4.78 is 0. The summed E-state index contributed by atoms with van der Waals surface area (Å²) >= 11 is 0. The third-order valence-corrected chi connectivity index (χ3v) is 5.68. The van der Waals surface area contributed by atoms with Crippen LogP contribution in [0, 0.1) is 10.8 Å². The number of anilines is 1. The highest BCUT2D eigenvalue weighted by molar-refractivity contribution is 5.82. The molecule has 0 atom stereocenters. The molecule has 5 nitrogen and oxygen atoms in total. The number of aromatic amines is 1. The number of nitrogens with one attached hydrogen (secondary N) is 2. The highest BCUT2D eigenvalue weighted by Crippen LogP contribution is 2.42. The number of H-pyrrole nitrogens is 1. The number of aromatic nitrogens is 1. The summed E-state index contributed by atoms with van der Waals surface area (Å²) in [6, 6.07) is 11.5. The molecule has 4 N–H and O–H groups in total. The Bertz CT molecular complexity index is 816. The first-order chi connectivity index (χ1) is 12.5. The van der Waals surface area contributed by atoms with Gasteiger partial charge in [0.2, 0.25) is 0 Å². The number of hydrogen-bond donors (Lipinski definition) is 3.